The lowest BCUT2D eigenvalue weighted by Gasteiger charge is -2.29. The monoisotopic (exact) mass is 394 g/mol. The van der Waals surface area contributed by atoms with Crippen LogP contribution in [0.3, 0.4) is 0 Å². The van der Waals surface area contributed by atoms with Gasteiger partial charge in [-0.2, -0.15) is 0 Å². The van der Waals surface area contributed by atoms with E-state index in [1.165, 1.54) is 0 Å². The van der Waals surface area contributed by atoms with E-state index >= 15 is 0 Å². The van der Waals surface area contributed by atoms with Gasteiger partial charge in [0, 0.05) is 0 Å². The molecule has 0 aliphatic carbocycles. The topological polar surface area (TPSA) is 64.6 Å². The van der Waals surface area contributed by atoms with Crippen LogP contribution in [0.15, 0.2) is 24.3 Å². The van der Waals surface area contributed by atoms with Gasteiger partial charge in [0.25, 0.3) is 0 Å². The molecule has 28 heavy (non-hydrogen) atoms. The molecule has 3 heterocycles. The van der Waals surface area contributed by atoms with Crippen molar-refractivity contribution in [2.75, 3.05) is 13.2 Å². The normalized spacial score (nSPS) is 35.8. The molecule has 0 radical (unpaired) electrons. The molecule has 1 aromatic rings. The summed E-state index contributed by atoms with van der Waals surface area (Å²) in [7, 11) is 0. The maximum Gasteiger partial charge on any atom is 0.190 e. The van der Waals surface area contributed by atoms with E-state index in [9.17, 15) is 0 Å². The Labute approximate surface area is 166 Å². The molecule has 0 N–H and O–H groups in total. The standard InChI is InChI=1S/C21H30O7/c1-6-22-14-9-7-13(8-10-14)11-23-17-16(15-12-24-20(2,3)26-15)25-19-18(17)27-21(4,5)28-19/h7-10,15-19H,6,11-12H2,1-5H3/t15-,16+,17+,18+,19-/m0/s1. The summed E-state index contributed by atoms with van der Waals surface area (Å²) in [4.78, 5) is 0. The van der Waals surface area contributed by atoms with E-state index in [1.54, 1.807) is 0 Å². The van der Waals surface area contributed by atoms with Crippen molar-refractivity contribution in [2.24, 2.45) is 0 Å². The third-order valence-corrected chi connectivity index (χ3v) is 5.10. The Kier molecular flexibility index (Phi) is 5.41. The SMILES string of the molecule is CCOc1ccc(CO[C@H]2[C@H]3OC(C)(C)O[C@@H]3O[C@@H]2[C@@H]2COC(C)(C)O2)cc1. The van der Waals surface area contributed by atoms with Crippen LogP contribution in [0.5, 0.6) is 5.75 Å². The highest BCUT2D eigenvalue weighted by Gasteiger charge is 2.58. The summed E-state index contributed by atoms with van der Waals surface area (Å²) < 4.78 is 41.7. The minimum absolute atomic E-state index is 0.235. The zero-order valence-electron chi connectivity index (χ0n) is 17.2. The van der Waals surface area contributed by atoms with Gasteiger partial charge in [-0.1, -0.05) is 12.1 Å². The fraction of sp³-hybridized carbons (Fsp3) is 0.714. The van der Waals surface area contributed by atoms with Gasteiger partial charge in [-0.3, -0.25) is 0 Å². The van der Waals surface area contributed by atoms with Crippen LogP contribution in [0.1, 0.15) is 40.2 Å². The van der Waals surface area contributed by atoms with Crippen molar-refractivity contribution in [2.45, 2.75) is 83.5 Å². The molecule has 3 aliphatic rings. The van der Waals surface area contributed by atoms with Crippen molar-refractivity contribution >= 4 is 0 Å². The first kappa shape index (κ1) is 20.1. The first-order valence-electron chi connectivity index (χ1n) is 9.92. The Bertz CT molecular complexity index is 672. The molecule has 0 spiro atoms. The molecule has 3 fully saturated rings. The molecule has 0 saturated carbocycles. The lowest BCUT2D eigenvalue weighted by atomic mass is 10.1. The minimum atomic E-state index is -0.701. The van der Waals surface area contributed by atoms with Crippen LogP contribution in [0.2, 0.25) is 0 Å². The van der Waals surface area contributed by atoms with Gasteiger partial charge in [0.1, 0.15) is 30.2 Å². The Hall–Kier alpha value is -1.22. The average molecular weight is 394 g/mol. The van der Waals surface area contributed by atoms with Crippen molar-refractivity contribution in [3.63, 3.8) is 0 Å². The Morgan fingerprint density at radius 2 is 1.71 bits per heavy atom. The summed E-state index contributed by atoms with van der Waals surface area (Å²) in [6.07, 6.45) is -1.66. The summed E-state index contributed by atoms with van der Waals surface area (Å²) >= 11 is 0. The number of hydrogen-bond donors (Lipinski definition) is 0. The van der Waals surface area contributed by atoms with Crippen LogP contribution in [0.25, 0.3) is 0 Å². The second-order valence-corrected chi connectivity index (χ2v) is 8.29. The fourth-order valence-electron chi connectivity index (χ4n) is 3.91. The molecule has 1 aromatic carbocycles. The number of fused-ring (bicyclic) bond motifs is 1. The van der Waals surface area contributed by atoms with E-state index in [0.717, 1.165) is 11.3 Å². The molecule has 7 nitrogen and oxygen atoms in total. The maximum atomic E-state index is 6.28. The number of hydrogen-bond acceptors (Lipinski definition) is 7. The first-order valence-corrected chi connectivity index (χ1v) is 9.92. The quantitative estimate of drug-likeness (QED) is 0.735. The molecule has 0 amide bonds. The predicted octanol–water partition coefficient (Wildman–Crippen LogP) is 3.00. The molecule has 0 bridgehead atoms. The van der Waals surface area contributed by atoms with E-state index in [-0.39, 0.29) is 24.4 Å². The van der Waals surface area contributed by atoms with Crippen molar-refractivity contribution < 1.29 is 33.2 Å². The first-order chi connectivity index (χ1) is 13.3. The molecule has 3 aliphatic heterocycles. The second-order valence-electron chi connectivity index (χ2n) is 8.29. The minimum Gasteiger partial charge on any atom is -0.494 e. The van der Waals surface area contributed by atoms with Gasteiger partial charge in [-0.25, -0.2) is 0 Å². The van der Waals surface area contributed by atoms with E-state index in [4.69, 9.17) is 33.2 Å². The highest BCUT2D eigenvalue weighted by molar-refractivity contribution is 5.26. The zero-order chi connectivity index (χ0) is 19.9. The van der Waals surface area contributed by atoms with Crippen LogP contribution in [-0.2, 0) is 35.0 Å². The molecular weight excluding hydrogens is 364 g/mol. The molecular formula is C21H30O7. The van der Waals surface area contributed by atoms with Crippen LogP contribution >= 0.6 is 0 Å². The number of rotatable bonds is 6. The van der Waals surface area contributed by atoms with Crippen LogP contribution in [0.4, 0.5) is 0 Å². The summed E-state index contributed by atoms with van der Waals surface area (Å²) in [5, 5.41) is 0. The van der Waals surface area contributed by atoms with Gasteiger partial charge in [0.15, 0.2) is 17.9 Å². The summed E-state index contributed by atoms with van der Waals surface area (Å²) in [5.41, 5.74) is 1.05. The van der Waals surface area contributed by atoms with Gasteiger partial charge < -0.3 is 33.2 Å². The van der Waals surface area contributed by atoms with Crippen LogP contribution in [-0.4, -0.2) is 55.5 Å². The van der Waals surface area contributed by atoms with E-state index in [2.05, 4.69) is 0 Å². The van der Waals surface area contributed by atoms with Gasteiger partial charge in [-0.15, -0.1) is 0 Å². The smallest absolute Gasteiger partial charge is 0.190 e. The number of ether oxygens (including phenoxy) is 7. The lowest BCUT2D eigenvalue weighted by Crippen LogP contribution is -2.44. The number of benzene rings is 1. The lowest BCUT2D eigenvalue weighted by molar-refractivity contribution is -0.236. The Morgan fingerprint density at radius 1 is 0.964 bits per heavy atom. The summed E-state index contributed by atoms with van der Waals surface area (Å²) in [6, 6.07) is 7.90. The fourth-order valence-corrected chi connectivity index (χ4v) is 3.91. The summed E-state index contributed by atoms with van der Waals surface area (Å²) in [6.45, 7) is 11.0. The van der Waals surface area contributed by atoms with Crippen molar-refractivity contribution in [3.05, 3.63) is 29.8 Å². The Balaban J connectivity index is 1.45. The summed E-state index contributed by atoms with van der Waals surface area (Å²) in [5.74, 6) is -0.485. The predicted molar refractivity (Wildman–Crippen MR) is 99.8 cm³/mol. The van der Waals surface area contributed by atoms with Crippen molar-refractivity contribution in [1.82, 2.24) is 0 Å². The van der Waals surface area contributed by atoms with Crippen LogP contribution < -0.4 is 4.74 Å². The van der Waals surface area contributed by atoms with E-state index in [0.29, 0.717) is 19.8 Å². The highest BCUT2D eigenvalue weighted by Crippen LogP contribution is 2.42. The highest BCUT2D eigenvalue weighted by atomic mass is 16.8. The molecule has 4 rings (SSSR count). The van der Waals surface area contributed by atoms with Gasteiger partial charge in [0.05, 0.1) is 19.8 Å². The van der Waals surface area contributed by atoms with Crippen molar-refractivity contribution in [3.8, 4) is 5.75 Å². The van der Waals surface area contributed by atoms with Gasteiger partial charge >= 0.3 is 0 Å². The largest absolute Gasteiger partial charge is 0.494 e. The molecule has 3 saturated heterocycles. The van der Waals surface area contributed by atoms with E-state index in [1.807, 2.05) is 58.9 Å². The average Bonchev–Trinajstić information content (AvgIpc) is 3.23. The van der Waals surface area contributed by atoms with Gasteiger partial charge in [0.2, 0.25) is 0 Å². The maximum absolute atomic E-state index is 6.28. The molecule has 156 valence electrons. The Morgan fingerprint density at radius 3 is 2.36 bits per heavy atom. The van der Waals surface area contributed by atoms with Crippen LogP contribution in [0, 0.1) is 0 Å². The van der Waals surface area contributed by atoms with E-state index < -0.39 is 17.9 Å². The zero-order valence-corrected chi connectivity index (χ0v) is 17.2. The second kappa shape index (κ2) is 7.55. The third-order valence-electron chi connectivity index (χ3n) is 5.10. The molecule has 7 heteroatoms. The third kappa shape index (κ3) is 4.20. The molecule has 0 aromatic heterocycles. The van der Waals surface area contributed by atoms with Gasteiger partial charge in [-0.05, 0) is 52.3 Å². The van der Waals surface area contributed by atoms with Crippen molar-refractivity contribution in [1.29, 1.82) is 0 Å². The molecule has 5 atom stereocenters. The molecule has 0 unspecified atom stereocenters.